The molecule has 0 atom stereocenters. The SMILES string of the molecule is CC(=O)[O-].CC(=O)[O-].CC(=O)[O-].C[n+]1ccc(-c2c3nc(c(-c4cc[n+](C)cc4)c4ccc([n-]4)c(-c4cc[n+](C)cc4)c4nc(c(-c5ccc(OCCCN)cc5)c5ccc2[n-]5)C=C4)C=C3)cc1.[Ni+2]. The largest absolute Gasteiger partial charge is 2.00 e. The van der Waals surface area contributed by atoms with Gasteiger partial charge in [-0.2, -0.15) is 0 Å². The summed E-state index contributed by atoms with van der Waals surface area (Å²) in [5.74, 6) is -2.46. The molecule has 0 fully saturated rings. The Hall–Kier alpha value is -8.07. The monoisotopic (exact) mass is 968 g/mol. The van der Waals surface area contributed by atoms with E-state index in [2.05, 4.69) is 134 Å². The minimum absolute atomic E-state index is 0. The first-order chi connectivity index (χ1) is 32.6. The molecule has 1 aromatic carbocycles. The molecule has 0 radical (unpaired) electrons. The molecule has 0 unspecified atom stereocenters. The van der Waals surface area contributed by atoms with Crippen LogP contribution in [-0.4, -0.2) is 41.0 Å². The summed E-state index contributed by atoms with van der Waals surface area (Å²) >= 11 is 0. The Bertz CT molecular complexity index is 3080. The molecule has 8 heterocycles. The topological polar surface area (TPSA) is 221 Å². The molecule has 15 nitrogen and oxygen atoms in total. The predicted octanol–water partition coefficient (Wildman–Crippen LogP) is 3.05. The zero-order valence-electron chi connectivity index (χ0n) is 38.9. The van der Waals surface area contributed by atoms with Crippen molar-refractivity contribution in [2.75, 3.05) is 13.2 Å². The van der Waals surface area contributed by atoms with Crippen molar-refractivity contribution in [1.29, 1.82) is 0 Å². The van der Waals surface area contributed by atoms with Crippen LogP contribution in [0.3, 0.4) is 0 Å². The maximum absolute atomic E-state index is 8.89. The molecule has 354 valence electrons. The molecule has 2 aliphatic rings. The van der Waals surface area contributed by atoms with Gasteiger partial charge in [0.2, 0.25) is 0 Å². The molecule has 69 heavy (non-hydrogen) atoms. The van der Waals surface area contributed by atoms with E-state index in [9.17, 15) is 0 Å². The Morgan fingerprint density at radius 1 is 0.493 bits per heavy atom. The van der Waals surface area contributed by atoms with Gasteiger partial charge in [0.05, 0.1) is 29.4 Å². The number of benzene rings is 1. The number of nitrogens with zero attached hydrogens (tertiary/aromatic N) is 7. The van der Waals surface area contributed by atoms with Gasteiger partial charge in [-0.3, -0.25) is 0 Å². The van der Waals surface area contributed by atoms with Crippen molar-refractivity contribution >= 4 is 64.3 Å². The number of aliphatic carboxylic acids is 3. The fraction of sp³-hybridized carbons (Fsp3) is 0.170. The molecule has 7 aromatic rings. The second-order valence-electron chi connectivity index (χ2n) is 15.6. The molecule has 0 spiro atoms. The van der Waals surface area contributed by atoms with E-state index in [-0.39, 0.29) is 16.5 Å². The van der Waals surface area contributed by atoms with Gasteiger partial charge in [0, 0.05) is 54.3 Å². The predicted molar refractivity (Wildman–Crippen MR) is 253 cm³/mol. The third-order valence-corrected chi connectivity index (χ3v) is 10.2. The van der Waals surface area contributed by atoms with Crippen LogP contribution >= 0.6 is 0 Å². The van der Waals surface area contributed by atoms with Crippen molar-refractivity contribution < 1.29 is 64.6 Å². The normalized spacial score (nSPS) is 10.8. The summed E-state index contributed by atoms with van der Waals surface area (Å²) in [6.07, 6.45) is 21.5. The molecule has 2 N–H and O–H groups in total. The number of aromatic nitrogens is 7. The van der Waals surface area contributed by atoms with Crippen LogP contribution in [-0.2, 0) is 52.0 Å². The quantitative estimate of drug-likeness (QED) is 0.132. The molecule has 0 amide bonds. The average molecular weight is 970 g/mol. The Morgan fingerprint density at radius 3 is 1.01 bits per heavy atom. The number of carbonyl (C=O) groups is 3. The number of carboxylic acid groups (broad SMARTS) is 3. The second-order valence-corrected chi connectivity index (χ2v) is 15.6. The fourth-order valence-corrected chi connectivity index (χ4v) is 7.26. The Kier molecular flexibility index (Phi) is 18.1. The van der Waals surface area contributed by atoms with Crippen LogP contribution < -0.4 is 49.5 Å². The van der Waals surface area contributed by atoms with E-state index in [1.54, 1.807) is 0 Å². The number of pyridine rings is 3. The van der Waals surface area contributed by atoms with Crippen molar-refractivity contribution in [3.63, 3.8) is 0 Å². The van der Waals surface area contributed by atoms with E-state index in [1.807, 2.05) is 47.0 Å². The van der Waals surface area contributed by atoms with Gasteiger partial charge in [0.1, 0.15) is 26.9 Å². The van der Waals surface area contributed by atoms with Crippen LogP contribution in [0.5, 0.6) is 5.75 Å². The van der Waals surface area contributed by atoms with Crippen LogP contribution in [0.1, 0.15) is 50.0 Å². The van der Waals surface area contributed by atoms with E-state index in [4.69, 9.17) is 60.1 Å². The molecular formula is C53H50N8NiO7. The summed E-state index contributed by atoms with van der Waals surface area (Å²) < 4.78 is 12.1. The maximum atomic E-state index is 8.89. The van der Waals surface area contributed by atoms with Crippen LogP contribution in [0.25, 0.3) is 90.9 Å². The number of fused-ring (bicyclic) bond motifs is 8. The summed E-state index contributed by atoms with van der Waals surface area (Å²) in [5, 5.41) is 26.7. The molecule has 6 aromatic heterocycles. The van der Waals surface area contributed by atoms with Crippen LogP contribution in [0.2, 0.25) is 0 Å². The van der Waals surface area contributed by atoms with Crippen LogP contribution in [0, 0.1) is 0 Å². The van der Waals surface area contributed by atoms with E-state index in [0.717, 1.165) is 122 Å². The van der Waals surface area contributed by atoms with Crippen molar-refractivity contribution in [2.45, 2.75) is 27.2 Å². The molecule has 0 aliphatic carbocycles. The number of hydrogen-bond acceptors (Lipinski definition) is 10. The average Bonchev–Trinajstić information content (AvgIpc) is 4.14. The van der Waals surface area contributed by atoms with Gasteiger partial charge >= 0.3 is 16.5 Å². The molecule has 8 bridgehead atoms. The third-order valence-electron chi connectivity index (χ3n) is 10.2. The minimum Gasteiger partial charge on any atom is -0.657 e. The minimum atomic E-state index is -1.08. The Balaban J connectivity index is 0.000000616. The first-order valence-electron chi connectivity index (χ1n) is 21.5. The summed E-state index contributed by atoms with van der Waals surface area (Å²) in [7, 11) is 6.06. The summed E-state index contributed by atoms with van der Waals surface area (Å²) in [6, 6.07) is 29.2. The molecule has 16 heteroatoms. The smallest absolute Gasteiger partial charge is 0.657 e. The van der Waals surface area contributed by atoms with Gasteiger partial charge in [-0.15, -0.1) is 22.1 Å². The zero-order valence-corrected chi connectivity index (χ0v) is 39.8. The first kappa shape index (κ1) is 51.9. The number of hydrogen-bond donors (Lipinski definition) is 1. The number of carbonyl (C=O) groups excluding carboxylic acids is 3. The van der Waals surface area contributed by atoms with Crippen molar-refractivity contribution in [3.8, 4) is 50.3 Å². The van der Waals surface area contributed by atoms with Gasteiger partial charge in [-0.25, -0.2) is 23.7 Å². The van der Waals surface area contributed by atoms with Crippen LogP contribution in [0.15, 0.2) is 122 Å². The zero-order chi connectivity index (χ0) is 48.9. The molecule has 9 rings (SSSR count). The number of carboxylic acids is 3. The second kappa shape index (κ2) is 24.1. The number of rotatable bonds is 8. The number of aryl methyl sites for hydroxylation is 3. The van der Waals surface area contributed by atoms with E-state index < -0.39 is 17.9 Å². The van der Waals surface area contributed by atoms with E-state index in [0.29, 0.717) is 13.2 Å². The molecule has 0 saturated carbocycles. The third kappa shape index (κ3) is 13.8. The first-order valence-corrected chi connectivity index (χ1v) is 21.5. The van der Waals surface area contributed by atoms with Crippen molar-refractivity contribution in [2.24, 2.45) is 26.9 Å². The van der Waals surface area contributed by atoms with E-state index in [1.165, 1.54) is 0 Å². The van der Waals surface area contributed by atoms with Gasteiger partial charge in [-0.05, 0) is 115 Å². The van der Waals surface area contributed by atoms with Crippen molar-refractivity contribution in [3.05, 3.63) is 145 Å². The Morgan fingerprint density at radius 2 is 0.754 bits per heavy atom. The number of nitrogens with two attached hydrogens (primary N) is 1. The summed E-state index contributed by atoms with van der Waals surface area (Å²) in [4.78, 5) is 48.1. The van der Waals surface area contributed by atoms with Gasteiger partial charge in [0.25, 0.3) is 0 Å². The van der Waals surface area contributed by atoms with Gasteiger partial charge < -0.3 is 50.1 Å². The molecule has 2 aliphatic heterocycles. The van der Waals surface area contributed by atoms with Gasteiger partial charge in [0.15, 0.2) is 37.2 Å². The van der Waals surface area contributed by atoms with Gasteiger partial charge in [-0.1, -0.05) is 36.4 Å². The van der Waals surface area contributed by atoms with E-state index >= 15 is 0 Å². The molecular weight excluding hydrogens is 919 g/mol. The molecule has 0 saturated heterocycles. The van der Waals surface area contributed by atoms with Crippen molar-refractivity contribution in [1.82, 2.24) is 19.9 Å². The summed E-state index contributed by atoms with van der Waals surface area (Å²) in [5.41, 5.74) is 20.1. The van der Waals surface area contributed by atoms with Crippen LogP contribution in [0.4, 0.5) is 0 Å². The standard InChI is InChI=1S/C47H41N8O.3C2H4O2.Ni/c1-53-24-17-32(18-25-53)45-38-11-9-36(49-38)44(31-5-7-35(8-6-31)56-30-4-23-48)37-10-12-39(50-37)46(33-19-26-54(2)27-20-33)41-14-16-43(52-41)47(42-15-13-40(45)51-42)34-21-28-55(3)29-22-34;3*1-2(3)4;/h5-22,24-29H,4,23,30,48H2,1-3H3;3*1H3,(H,3,4);/q+1;;;;+2/p-3. The Labute approximate surface area is 409 Å². The fourth-order valence-electron chi connectivity index (χ4n) is 7.26. The number of ether oxygens (including phenoxy) is 1. The summed E-state index contributed by atoms with van der Waals surface area (Å²) in [6.45, 7) is 4.07. The maximum Gasteiger partial charge on any atom is 2.00 e.